The van der Waals surface area contributed by atoms with Gasteiger partial charge in [-0.15, -0.1) is 0 Å². The quantitative estimate of drug-likeness (QED) is 0.852. The summed E-state index contributed by atoms with van der Waals surface area (Å²) in [5.41, 5.74) is 0.510. The van der Waals surface area contributed by atoms with Crippen LogP contribution in [0.4, 0.5) is 4.39 Å². The highest BCUT2D eigenvalue weighted by atomic mass is 35.5. The lowest BCUT2D eigenvalue weighted by Gasteiger charge is -2.11. The fourth-order valence-electron chi connectivity index (χ4n) is 1.71. The summed E-state index contributed by atoms with van der Waals surface area (Å²) in [5.74, 6) is -0.118. The van der Waals surface area contributed by atoms with Gasteiger partial charge >= 0.3 is 7.12 Å². The van der Waals surface area contributed by atoms with Gasteiger partial charge in [0.15, 0.2) is 0 Å². The summed E-state index contributed by atoms with van der Waals surface area (Å²) in [6.07, 6.45) is 0. The molecule has 0 aromatic heterocycles. The fourth-order valence-corrected chi connectivity index (χ4v) is 2.22. The second-order valence-corrected chi connectivity index (χ2v) is 4.98. The minimum absolute atomic E-state index is 0.0317. The highest BCUT2D eigenvalue weighted by Crippen LogP contribution is 2.24. The number of hydrogen-bond donors (Lipinski definition) is 2. The maximum atomic E-state index is 13.1. The Morgan fingerprint density at radius 3 is 2.30 bits per heavy atom. The van der Waals surface area contributed by atoms with Crippen molar-refractivity contribution < 1.29 is 19.2 Å². The average molecular weight is 315 g/mol. The first-order valence-electron chi connectivity index (χ1n) is 5.69. The normalized spacial score (nSPS) is 10.4. The van der Waals surface area contributed by atoms with Crippen LogP contribution in [0.3, 0.4) is 0 Å². The molecule has 2 aromatic carbocycles. The molecular weight excluding hydrogens is 305 g/mol. The molecule has 20 heavy (non-hydrogen) atoms. The minimum atomic E-state index is -1.77. The number of benzene rings is 2. The Hall–Kier alpha value is -1.27. The van der Waals surface area contributed by atoms with Crippen molar-refractivity contribution in [1.29, 1.82) is 0 Å². The lowest BCUT2D eigenvalue weighted by atomic mass is 9.77. The molecule has 0 bridgehead atoms. The van der Waals surface area contributed by atoms with Crippen LogP contribution < -0.4 is 10.2 Å². The standard InChI is InChI=1S/C13H10BCl2FO3/c15-9-3-10(16)5-12(4-9)20-7-8-1-2-11(17)6-13(8)14(18)19/h1-6,18-19H,7H2. The summed E-state index contributed by atoms with van der Waals surface area (Å²) in [7, 11) is -1.77. The largest absolute Gasteiger partial charge is 0.489 e. The zero-order valence-electron chi connectivity index (χ0n) is 10.2. The monoisotopic (exact) mass is 314 g/mol. The number of rotatable bonds is 4. The van der Waals surface area contributed by atoms with Gasteiger partial charge in [-0.25, -0.2) is 4.39 Å². The Bertz CT molecular complexity index is 602. The second kappa shape index (κ2) is 6.46. The molecular formula is C13H10BCl2FO3. The van der Waals surface area contributed by atoms with E-state index >= 15 is 0 Å². The molecule has 0 fully saturated rings. The van der Waals surface area contributed by atoms with Crippen LogP contribution in [0.5, 0.6) is 5.75 Å². The summed E-state index contributed by atoms with van der Waals surface area (Å²) < 4.78 is 18.5. The highest BCUT2D eigenvalue weighted by molar-refractivity contribution is 6.59. The van der Waals surface area contributed by atoms with Crippen LogP contribution in [-0.2, 0) is 6.61 Å². The van der Waals surface area contributed by atoms with E-state index in [9.17, 15) is 14.4 Å². The number of hydrogen-bond acceptors (Lipinski definition) is 3. The van der Waals surface area contributed by atoms with Gasteiger partial charge in [0, 0.05) is 10.0 Å². The molecule has 0 heterocycles. The topological polar surface area (TPSA) is 49.7 Å². The van der Waals surface area contributed by atoms with Gasteiger partial charge in [0.2, 0.25) is 0 Å². The van der Waals surface area contributed by atoms with Gasteiger partial charge in [0.05, 0.1) is 0 Å². The maximum Gasteiger partial charge on any atom is 0.488 e. The molecule has 0 saturated carbocycles. The van der Waals surface area contributed by atoms with Crippen molar-refractivity contribution in [3.63, 3.8) is 0 Å². The molecule has 7 heteroatoms. The van der Waals surface area contributed by atoms with E-state index in [0.717, 1.165) is 6.07 Å². The molecule has 0 aliphatic rings. The maximum absolute atomic E-state index is 13.1. The van der Waals surface area contributed by atoms with Crippen molar-refractivity contribution in [2.24, 2.45) is 0 Å². The van der Waals surface area contributed by atoms with Crippen molar-refractivity contribution in [3.05, 3.63) is 57.8 Å². The molecule has 0 saturated heterocycles. The third kappa shape index (κ3) is 3.87. The fraction of sp³-hybridized carbons (Fsp3) is 0.0769. The zero-order chi connectivity index (χ0) is 14.7. The van der Waals surface area contributed by atoms with Gasteiger partial charge in [-0.05, 0) is 41.4 Å². The molecule has 0 amide bonds. The summed E-state index contributed by atoms with van der Waals surface area (Å²) in [4.78, 5) is 0. The smallest absolute Gasteiger partial charge is 0.488 e. The number of ether oxygens (including phenoxy) is 1. The molecule has 0 aliphatic heterocycles. The van der Waals surface area contributed by atoms with Gasteiger partial charge in [-0.3, -0.25) is 0 Å². The van der Waals surface area contributed by atoms with E-state index < -0.39 is 12.9 Å². The van der Waals surface area contributed by atoms with Crippen LogP contribution in [0.15, 0.2) is 36.4 Å². The summed E-state index contributed by atoms with van der Waals surface area (Å²) in [6, 6.07) is 8.41. The van der Waals surface area contributed by atoms with E-state index in [2.05, 4.69) is 0 Å². The Morgan fingerprint density at radius 1 is 1.05 bits per heavy atom. The molecule has 2 N–H and O–H groups in total. The lowest BCUT2D eigenvalue weighted by Crippen LogP contribution is -2.34. The first-order valence-corrected chi connectivity index (χ1v) is 6.44. The Kier molecular flexibility index (Phi) is 4.88. The summed E-state index contributed by atoms with van der Waals surface area (Å²) >= 11 is 11.7. The van der Waals surface area contributed by atoms with Crippen molar-refractivity contribution in [2.75, 3.05) is 0 Å². The minimum Gasteiger partial charge on any atom is -0.489 e. The van der Waals surface area contributed by atoms with Gasteiger partial charge in [0.25, 0.3) is 0 Å². The Labute approximate surface area is 125 Å². The van der Waals surface area contributed by atoms with E-state index in [-0.39, 0.29) is 12.1 Å². The lowest BCUT2D eigenvalue weighted by molar-refractivity contribution is 0.306. The van der Waals surface area contributed by atoms with E-state index in [0.29, 0.717) is 21.4 Å². The summed E-state index contributed by atoms with van der Waals surface area (Å²) in [5, 5.41) is 19.3. The molecule has 0 unspecified atom stereocenters. The second-order valence-electron chi connectivity index (χ2n) is 4.11. The van der Waals surface area contributed by atoms with Crippen LogP contribution in [0, 0.1) is 5.82 Å². The molecule has 3 nitrogen and oxygen atoms in total. The van der Waals surface area contributed by atoms with Crippen LogP contribution in [-0.4, -0.2) is 17.2 Å². The number of halogens is 3. The first kappa shape index (κ1) is 15.1. The average Bonchev–Trinajstić information content (AvgIpc) is 2.36. The molecule has 2 aromatic rings. The highest BCUT2D eigenvalue weighted by Gasteiger charge is 2.17. The predicted octanol–water partition coefficient (Wildman–Crippen LogP) is 2.39. The summed E-state index contributed by atoms with van der Waals surface area (Å²) in [6.45, 7) is 0.0317. The van der Waals surface area contributed by atoms with Gasteiger partial charge in [0.1, 0.15) is 18.2 Å². The zero-order valence-corrected chi connectivity index (χ0v) is 11.7. The van der Waals surface area contributed by atoms with E-state index in [1.165, 1.54) is 12.1 Å². The van der Waals surface area contributed by atoms with Crippen molar-refractivity contribution >= 4 is 35.8 Å². The SMILES string of the molecule is OB(O)c1cc(F)ccc1COc1cc(Cl)cc(Cl)c1. The Balaban J connectivity index is 2.18. The molecule has 0 spiro atoms. The molecule has 0 atom stereocenters. The van der Waals surface area contributed by atoms with E-state index in [1.807, 2.05) is 0 Å². The third-order valence-corrected chi connectivity index (χ3v) is 3.05. The van der Waals surface area contributed by atoms with Gasteiger partial charge < -0.3 is 14.8 Å². The molecule has 0 aliphatic carbocycles. The van der Waals surface area contributed by atoms with Crippen LogP contribution in [0.1, 0.15) is 5.56 Å². The predicted molar refractivity (Wildman–Crippen MR) is 77.0 cm³/mol. The third-order valence-electron chi connectivity index (χ3n) is 2.62. The van der Waals surface area contributed by atoms with Gasteiger partial charge in [-0.1, -0.05) is 29.3 Å². The van der Waals surface area contributed by atoms with E-state index in [1.54, 1.807) is 18.2 Å². The van der Waals surface area contributed by atoms with E-state index in [4.69, 9.17) is 27.9 Å². The molecule has 2 rings (SSSR count). The first-order chi connectivity index (χ1) is 9.45. The molecule has 104 valence electrons. The van der Waals surface area contributed by atoms with Crippen molar-refractivity contribution in [3.8, 4) is 5.75 Å². The Morgan fingerprint density at radius 2 is 1.70 bits per heavy atom. The van der Waals surface area contributed by atoms with Crippen LogP contribution in [0.25, 0.3) is 0 Å². The molecule has 0 radical (unpaired) electrons. The van der Waals surface area contributed by atoms with Crippen molar-refractivity contribution in [2.45, 2.75) is 6.61 Å². The van der Waals surface area contributed by atoms with Crippen molar-refractivity contribution in [1.82, 2.24) is 0 Å². The van der Waals surface area contributed by atoms with Crippen LogP contribution in [0.2, 0.25) is 10.0 Å². The van der Waals surface area contributed by atoms with Crippen LogP contribution >= 0.6 is 23.2 Å². The van der Waals surface area contributed by atoms with Gasteiger partial charge in [-0.2, -0.15) is 0 Å².